The van der Waals surface area contributed by atoms with Crippen LogP contribution in [0.4, 0.5) is 5.69 Å². The Morgan fingerprint density at radius 1 is 1.08 bits per heavy atom. The van der Waals surface area contributed by atoms with E-state index in [1.54, 1.807) is 6.20 Å². The molecule has 0 aliphatic carbocycles. The summed E-state index contributed by atoms with van der Waals surface area (Å²) >= 11 is 0. The number of carbonyl (C=O) groups is 2. The van der Waals surface area contributed by atoms with Crippen LogP contribution in [0.25, 0.3) is 10.9 Å². The van der Waals surface area contributed by atoms with Gasteiger partial charge >= 0.3 is 0 Å². The molecule has 1 heterocycles. The van der Waals surface area contributed by atoms with Crippen molar-refractivity contribution in [2.24, 2.45) is 5.92 Å². The molecule has 1 N–H and O–H groups in total. The zero-order valence-corrected chi connectivity index (χ0v) is 15.7. The highest BCUT2D eigenvalue weighted by Crippen LogP contribution is 2.24. The Hall–Kier alpha value is -2.88. The van der Waals surface area contributed by atoms with Crippen LogP contribution in [0.1, 0.15) is 35.3 Å². The van der Waals surface area contributed by atoms with Crippen LogP contribution < -0.4 is 5.32 Å². The number of hydrogen-bond donors (Lipinski definition) is 1. The molecule has 0 spiro atoms. The molecule has 4 heteroatoms. The second kappa shape index (κ2) is 7.16. The third-order valence-corrected chi connectivity index (χ3v) is 4.56. The summed E-state index contributed by atoms with van der Waals surface area (Å²) < 4.78 is 1.85. The normalized spacial score (nSPS) is 11.1. The van der Waals surface area contributed by atoms with E-state index >= 15 is 0 Å². The lowest BCUT2D eigenvalue weighted by molar-refractivity contribution is -0.116. The van der Waals surface area contributed by atoms with Gasteiger partial charge in [0.25, 0.3) is 0 Å². The molecule has 0 fully saturated rings. The SMILES string of the molecule is Cc1ccc(C)c(NC(=O)Cn2cc(C(=O)C(C)C)c3ccccc32)c1. The van der Waals surface area contributed by atoms with Crippen molar-refractivity contribution >= 4 is 28.3 Å². The van der Waals surface area contributed by atoms with E-state index in [-0.39, 0.29) is 24.2 Å². The molecule has 1 amide bonds. The van der Waals surface area contributed by atoms with Crippen LogP contribution in [0.2, 0.25) is 0 Å². The Bertz CT molecular complexity index is 983. The Morgan fingerprint density at radius 2 is 1.81 bits per heavy atom. The van der Waals surface area contributed by atoms with Crippen LogP contribution >= 0.6 is 0 Å². The highest BCUT2D eigenvalue weighted by Gasteiger charge is 2.18. The smallest absolute Gasteiger partial charge is 0.244 e. The standard InChI is InChI=1S/C22H24N2O2/c1-14(2)22(26)18-12-24(20-8-6-5-7-17(18)20)13-21(25)23-19-11-15(3)9-10-16(19)4/h5-12,14H,13H2,1-4H3,(H,23,25). The summed E-state index contributed by atoms with van der Waals surface area (Å²) in [5, 5.41) is 3.87. The zero-order chi connectivity index (χ0) is 18.8. The zero-order valence-electron chi connectivity index (χ0n) is 15.7. The third-order valence-electron chi connectivity index (χ3n) is 4.56. The van der Waals surface area contributed by atoms with Crippen LogP contribution in [-0.2, 0) is 11.3 Å². The second-order valence-corrected chi connectivity index (χ2v) is 7.07. The van der Waals surface area contributed by atoms with Crippen LogP contribution in [0.3, 0.4) is 0 Å². The summed E-state index contributed by atoms with van der Waals surface area (Å²) in [6.45, 7) is 7.92. The molecule has 0 saturated heterocycles. The van der Waals surface area contributed by atoms with Crippen molar-refractivity contribution in [1.29, 1.82) is 0 Å². The van der Waals surface area contributed by atoms with Crippen molar-refractivity contribution < 1.29 is 9.59 Å². The molecular formula is C22H24N2O2. The van der Waals surface area contributed by atoms with Crippen LogP contribution in [0.5, 0.6) is 0 Å². The van der Waals surface area contributed by atoms with Crippen LogP contribution in [-0.4, -0.2) is 16.3 Å². The lowest BCUT2D eigenvalue weighted by Gasteiger charge is -2.10. The molecule has 4 nitrogen and oxygen atoms in total. The number of benzene rings is 2. The Morgan fingerprint density at radius 3 is 2.54 bits per heavy atom. The van der Waals surface area contributed by atoms with E-state index in [1.807, 2.05) is 74.7 Å². The van der Waals surface area contributed by atoms with E-state index in [2.05, 4.69) is 5.32 Å². The van der Waals surface area contributed by atoms with E-state index in [9.17, 15) is 9.59 Å². The number of rotatable bonds is 5. The molecule has 0 bridgehead atoms. The summed E-state index contributed by atoms with van der Waals surface area (Å²) in [6, 6.07) is 13.7. The average molecular weight is 348 g/mol. The van der Waals surface area contributed by atoms with Crippen molar-refractivity contribution in [3.63, 3.8) is 0 Å². The number of ketones is 1. The molecule has 0 aliphatic rings. The van der Waals surface area contributed by atoms with Gasteiger partial charge in [-0.15, -0.1) is 0 Å². The number of aromatic nitrogens is 1. The van der Waals surface area contributed by atoms with Gasteiger partial charge in [0.1, 0.15) is 6.54 Å². The Kier molecular flexibility index (Phi) is 4.94. The first-order chi connectivity index (χ1) is 12.4. The molecule has 1 aromatic heterocycles. The minimum atomic E-state index is -0.108. The molecule has 3 aromatic rings. The first-order valence-electron chi connectivity index (χ1n) is 8.86. The molecule has 2 aromatic carbocycles. The van der Waals surface area contributed by atoms with E-state index in [1.165, 1.54) is 0 Å². The summed E-state index contributed by atoms with van der Waals surface area (Å²) in [6.07, 6.45) is 1.80. The highest BCUT2D eigenvalue weighted by atomic mass is 16.2. The van der Waals surface area contributed by atoms with Crippen molar-refractivity contribution in [3.8, 4) is 0 Å². The minimum Gasteiger partial charge on any atom is -0.337 e. The Balaban J connectivity index is 1.90. The summed E-state index contributed by atoms with van der Waals surface area (Å²) in [7, 11) is 0. The number of amides is 1. The molecule has 0 saturated carbocycles. The van der Waals surface area contributed by atoms with Gasteiger partial charge in [0.05, 0.1) is 0 Å². The van der Waals surface area contributed by atoms with E-state index in [0.29, 0.717) is 5.56 Å². The van der Waals surface area contributed by atoms with Gasteiger partial charge in [-0.25, -0.2) is 0 Å². The van der Waals surface area contributed by atoms with Crippen LogP contribution in [0.15, 0.2) is 48.7 Å². The molecule has 0 radical (unpaired) electrons. The average Bonchev–Trinajstić information content (AvgIpc) is 2.96. The van der Waals surface area contributed by atoms with Gasteiger partial charge < -0.3 is 9.88 Å². The predicted octanol–water partition coefficient (Wildman–Crippen LogP) is 4.74. The molecular weight excluding hydrogens is 324 g/mol. The number of Topliss-reactive ketones (excluding diaryl/α,β-unsaturated/α-hetero) is 1. The number of fused-ring (bicyclic) bond motifs is 1. The molecule has 3 rings (SSSR count). The first-order valence-corrected chi connectivity index (χ1v) is 8.86. The molecule has 0 unspecified atom stereocenters. The summed E-state index contributed by atoms with van der Waals surface area (Å²) in [5.74, 6) is -0.101. The number of anilines is 1. The minimum absolute atomic E-state index is 0.0852. The maximum absolute atomic E-state index is 12.6. The number of aryl methyl sites for hydroxylation is 2. The van der Waals surface area contributed by atoms with Gasteiger partial charge in [0.2, 0.25) is 5.91 Å². The van der Waals surface area contributed by atoms with Crippen molar-refractivity contribution in [1.82, 2.24) is 4.57 Å². The van der Waals surface area contributed by atoms with Crippen LogP contribution in [0, 0.1) is 19.8 Å². The molecule has 134 valence electrons. The van der Waals surface area contributed by atoms with E-state index in [4.69, 9.17) is 0 Å². The number of carbonyl (C=O) groups excluding carboxylic acids is 2. The van der Waals surface area contributed by atoms with Gasteiger partial charge in [0, 0.05) is 34.3 Å². The number of para-hydroxylation sites is 1. The van der Waals surface area contributed by atoms with Crippen molar-refractivity contribution in [2.75, 3.05) is 5.32 Å². The number of nitrogens with one attached hydrogen (secondary N) is 1. The topological polar surface area (TPSA) is 51.1 Å². The second-order valence-electron chi connectivity index (χ2n) is 7.07. The third kappa shape index (κ3) is 3.54. The molecule has 0 atom stereocenters. The monoisotopic (exact) mass is 348 g/mol. The lowest BCUT2D eigenvalue weighted by Crippen LogP contribution is -2.19. The van der Waals surface area contributed by atoms with Crippen molar-refractivity contribution in [2.45, 2.75) is 34.2 Å². The number of hydrogen-bond acceptors (Lipinski definition) is 2. The fraction of sp³-hybridized carbons (Fsp3) is 0.273. The predicted molar refractivity (Wildman–Crippen MR) is 106 cm³/mol. The van der Waals surface area contributed by atoms with Gasteiger partial charge in [0.15, 0.2) is 5.78 Å². The Labute approximate surface area is 153 Å². The maximum Gasteiger partial charge on any atom is 0.244 e. The van der Waals surface area contributed by atoms with E-state index in [0.717, 1.165) is 27.7 Å². The fourth-order valence-electron chi connectivity index (χ4n) is 3.10. The molecule has 0 aliphatic heterocycles. The summed E-state index contributed by atoms with van der Waals surface area (Å²) in [5.41, 5.74) is 4.52. The maximum atomic E-state index is 12.6. The lowest BCUT2D eigenvalue weighted by atomic mass is 10.0. The van der Waals surface area contributed by atoms with Gasteiger partial charge in [-0.2, -0.15) is 0 Å². The van der Waals surface area contributed by atoms with Gasteiger partial charge in [-0.05, 0) is 37.1 Å². The highest BCUT2D eigenvalue weighted by molar-refractivity contribution is 6.09. The quantitative estimate of drug-likeness (QED) is 0.677. The molecule has 26 heavy (non-hydrogen) atoms. The fourth-order valence-corrected chi connectivity index (χ4v) is 3.10. The van der Waals surface area contributed by atoms with Gasteiger partial charge in [-0.3, -0.25) is 9.59 Å². The van der Waals surface area contributed by atoms with E-state index < -0.39 is 0 Å². The van der Waals surface area contributed by atoms with Crippen molar-refractivity contribution in [3.05, 3.63) is 65.4 Å². The number of nitrogens with zero attached hydrogens (tertiary/aromatic N) is 1. The summed E-state index contributed by atoms with van der Waals surface area (Å²) in [4.78, 5) is 25.1. The first kappa shape index (κ1) is 17.9. The largest absolute Gasteiger partial charge is 0.337 e. The van der Waals surface area contributed by atoms with Gasteiger partial charge in [-0.1, -0.05) is 44.2 Å².